The van der Waals surface area contributed by atoms with Crippen molar-refractivity contribution in [2.75, 3.05) is 5.32 Å². The number of nitrogens with one attached hydrogen (secondary N) is 1. The fraction of sp³-hybridized carbons (Fsp3) is 0.0588. The number of anilines is 1. The van der Waals surface area contributed by atoms with Crippen LogP contribution in [0.4, 0.5) is 5.69 Å². The van der Waals surface area contributed by atoms with Gasteiger partial charge in [0.15, 0.2) is 5.75 Å². The fourth-order valence-corrected chi connectivity index (χ4v) is 1.94. The molecule has 0 bridgehead atoms. The summed E-state index contributed by atoms with van der Waals surface area (Å²) in [5.74, 6) is 1.61. The van der Waals surface area contributed by atoms with Gasteiger partial charge in [0.25, 0.3) is 0 Å². The van der Waals surface area contributed by atoms with Crippen LogP contribution in [-0.4, -0.2) is 9.97 Å². The molecule has 104 valence electrons. The molecule has 21 heavy (non-hydrogen) atoms. The third-order valence-corrected chi connectivity index (χ3v) is 2.96. The highest BCUT2D eigenvalue weighted by Gasteiger charge is 2.04. The molecule has 1 aromatic heterocycles. The van der Waals surface area contributed by atoms with Crippen molar-refractivity contribution in [3.05, 3.63) is 78.9 Å². The summed E-state index contributed by atoms with van der Waals surface area (Å²) in [6, 6.07) is 17.6. The average molecular weight is 277 g/mol. The van der Waals surface area contributed by atoms with Crippen molar-refractivity contribution in [3.8, 4) is 11.5 Å². The standard InChI is InChI=1S/C17H15N3O/c1-2-6-15(7-3-1)21-17-9-5-4-8-16(17)20-12-14-10-18-13-19-11-14/h1-11,13,20H,12H2. The molecule has 0 radical (unpaired) electrons. The molecule has 0 unspecified atom stereocenters. The number of hydrogen-bond donors (Lipinski definition) is 1. The molecule has 4 nitrogen and oxygen atoms in total. The lowest BCUT2D eigenvalue weighted by molar-refractivity contribution is 0.484. The molecule has 1 heterocycles. The van der Waals surface area contributed by atoms with Gasteiger partial charge in [-0.3, -0.25) is 0 Å². The van der Waals surface area contributed by atoms with Crippen LogP contribution in [0.5, 0.6) is 11.5 Å². The number of para-hydroxylation sites is 3. The van der Waals surface area contributed by atoms with Gasteiger partial charge in [-0.2, -0.15) is 0 Å². The van der Waals surface area contributed by atoms with E-state index >= 15 is 0 Å². The summed E-state index contributed by atoms with van der Waals surface area (Å²) in [5.41, 5.74) is 1.96. The van der Waals surface area contributed by atoms with Gasteiger partial charge in [0.1, 0.15) is 12.1 Å². The third kappa shape index (κ3) is 3.57. The van der Waals surface area contributed by atoms with Gasteiger partial charge in [0.2, 0.25) is 0 Å². The third-order valence-electron chi connectivity index (χ3n) is 2.96. The number of ether oxygens (including phenoxy) is 1. The molecule has 4 heteroatoms. The Morgan fingerprint density at radius 2 is 1.57 bits per heavy atom. The van der Waals surface area contributed by atoms with Crippen LogP contribution in [0, 0.1) is 0 Å². The first-order valence-corrected chi connectivity index (χ1v) is 6.71. The predicted molar refractivity (Wildman–Crippen MR) is 82.3 cm³/mol. The zero-order chi connectivity index (χ0) is 14.3. The van der Waals surface area contributed by atoms with Crippen molar-refractivity contribution in [2.45, 2.75) is 6.54 Å². The maximum absolute atomic E-state index is 5.90. The van der Waals surface area contributed by atoms with Crippen LogP contribution in [0.3, 0.4) is 0 Å². The highest BCUT2D eigenvalue weighted by Crippen LogP contribution is 2.29. The molecule has 0 aliphatic carbocycles. The van der Waals surface area contributed by atoms with E-state index in [1.807, 2.05) is 54.6 Å². The molecule has 0 aliphatic heterocycles. The molecule has 1 N–H and O–H groups in total. The van der Waals surface area contributed by atoms with Crippen LogP contribution in [-0.2, 0) is 6.54 Å². The Kier molecular flexibility index (Phi) is 4.07. The summed E-state index contributed by atoms with van der Waals surface area (Å²) in [6.07, 6.45) is 5.11. The van der Waals surface area contributed by atoms with Gasteiger partial charge in [-0.05, 0) is 24.3 Å². The van der Waals surface area contributed by atoms with Crippen molar-refractivity contribution < 1.29 is 4.74 Å². The van der Waals surface area contributed by atoms with E-state index < -0.39 is 0 Å². The smallest absolute Gasteiger partial charge is 0.150 e. The van der Waals surface area contributed by atoms with E-state index in [2.05, 4.69) is 15.3 Å². The maximum atomic E-state index is 5.90. The van der Waals surface area contributed by atoms with Crippen LogP contribution < -0.4 is 10.1 Å². The molecule has 0 spiro atoms. The van der Waals surface area contributed by atoms with Gasteiger partial charge in [-0.15, -0.1) is 0 Å². The molecular formula is C17H15N3O. The van der Waals surface area contributed by atoms with Crippen molar-refractivity contribution in [2.24, 2.45) is 0 Å². The summed E-state index contributed by atoms with van der Waals surface area (Å²) >= 11 is 0. The molecule has 0 amide bonds. The lowest BCUT2D eigenvalue weighted by Gasteiger charge is -2.12. The second-order valence-electron chi connectivity index (χ2n) is 4.51. The van der Waals surface area contributed by atoms with Gasteiger partial charge in [-0.25, -0.2) is 9.97 Å². The SMILES string of the molecule is c1ccc(Oc2ccccc2NCc2cncnc2)cc1. The number of rotatable bonds is 5. The summed E-state index contributed by atoms with van der Waals surface area (Å²) in [7, 11) is 0. The molecule has 0 aliphatic rings. The number of hydrogen-bond acceptors (Lipinski definition) is 4. The second-order valence-corrected chi connectivity index (χ2v) is 4.51. The van der Waals surface area contributed by atoms with E-state index in [4.69, 9.17) is 4.74 Å². The van der Waals surface area contributed by atoms with Crippen LogP contribution in [0.2, 0.25) is 0 Å². The monoisotopic (exact) mass is 277 g/mol. The van der Waals surface area contributed by atoms with E-state index in [9.17, 15) is 0 Å². The Bertz CT molecular complexity index is 687. The van der Waals surface area contributed by atoms with Crippen molar-refractivity contribution in [3.63, 3.8) is 0 Å². The van der Waals surface area contributed by atoms with E-state index in [1.54, 1.807) is 12.4 Å². The van der Waals surface area contributed by atoms with Crippen molar-refractivity contribution in [1.82, 2.24) is 9.97 Å². The van der Waals surface area contributed by atoms with Gasteiger partial charge >= 0.3 is 0 Å². The summed E-state index contributed by atoms with van der Waals surface area (Å²) in [6.45, 7) is 0.649. The Morgan fingerprint density at radius 1 is 0.857 bits per heavy atom. The molecule has 0 saturated carbocycles. The topological polar surface area (TPSA) is 47.0 Å². The minimum absolute atomic E-state index is 0.649. The zero-order valence-corrected chi connectivity index (χ0v) is 11.4. The zero-order valence-electron chi connectivity index (χ0n) is 11.4. The number of benzene rings is 2. The van der Waals surface area contributed by atoms with E-state index in [-0.39, 0.29) is 0 Å². The molecular weight excluding hydrogens is 262 g/mol. The minimum atomic E-state index is 0.649. The molecule has 3 rings (SSSR count). The summed E-state index contributed by atoms with van der Waals surface area (Å²) < 4.78 is 5.90. The Labute approximate surface area is 123 Å². The van der Waals surface area contributed by atoms with Gasteiger partial charge in [-0.1, -0.05) is 30.3 Å². The second kappa shape index (κ2) is 6.52. The maximum Gasteiger partial charge on any atom is 0.150 e. The highest BCUT2D eigenvalue weighted by molar-refractivity contribution is 5.57. The molecule has 2 aromatic carbocycles. The lowest BCUT2D eigenvalue weighted by Crippen LogP contribution is -2.01. The molecule has 3 aromatic rings. The van der Waals surface area contributed by atoms with Crippen LogP contribution in [0.1, 0.15) is 5.56 Å². The molecule has 0 saturated heterocycles. The number of aromatic nitrogens is 2. The largest absolute Gasteiger partial charge is 0.455 e. The van der Waals surface area contributed by atoms with Gasteiger partial charge in [0, 0.05) is 24.5 Å². The highest BCUT2D eigenvalue weighted by atomic mass is 16.5. The normalized spacial score (nSPS) is 10.1. The summed E-state index contributed by atoms with van der Waals surface area (Å²) in [5, 5.41) is 3.34. The van der Waals surface area contributed by atoms with E-state index in [1.165, 1.54) is 6.33 Å². The first kappa shape index (κ1) is 13.1. The van der Waals surface area contributed by atoms with Crippen LogP contribution >= 0.6 is 0 Å². The Morgan fingerprint density at radius 3 is 2.38 bits per heavy atom. The first-order chi connectivity index (χ1) is 10.4. The fourth-order valence-electron chi connectivity index (χ4n) is 1.94. The van der Waals surface area contributed by atoms with E-state index in [0.29, 0.717) is 6.54 Å². The van der Waals surface area contributed by atoms with Crippen LogP contribution in [0.25, 0.3) is 0 Å². The lowest BCUT2D eigenvalue weighted by atomic mass is 10.2. The number of nitrogens with zero attached hydrogens (tertiary/aromatic N) is 2. The predicted octanol–water partition coefficient (Wildman–Crippen LogP) is 3.88. The first-order valence-electron chi connectivity index (χ1n) is 6.71. The summed E-state index contributed by atoms with van der Waals surface area (Å²) in [4.78, 5) is 8.01. The van der Waals surface area contributed by atoms with E-state index in [0.717, 1.165) is 22.7 Å². The molecule has 0 atom stereocenters. The van der Waals surface area contributed by atoms with Crippen molar-refractivity contribution in [1.29, 1.82) is 0 Å². The van der Waals surface area contributed by atoms with Gasteiger partial charge < -0.3 is 10.1 Å². The van der Waals surface area contributed by atoms with Crippen LogP contribution in [0.15, 0.2) is 73.3 Å². The average Bonchev–Trinajstić information content (AvgIpc) is 2.56. The van der Waals surface area contributed by atoms with Crippen molar-refractivity contribution >= 4 is 5.69 Å². The molecule has 0 fully saturated rings. The Balaban J connectivity index is 1.73. The Hall–Kier alpha value is -2.88. The van der Waals surface area contributed by atoms with Gasteiger partial charge in [0.05, 0.1) is 5.69 Å². The minimum Gasteiger partial charge on any atom is -0.455 e. The quantitative estimate of drug-likeness (QED) is 0.768.